The van der Waals surface area contributed by atoms with Crippen molar-refractivity contribution in [2.45, 2.75) is 23.4 Å². The molecule has 0 saturated carbocycles. The Hall–Kier alpha value is -3.56. The van der Waals surface area contributed by atoms with Crippen molar-refractivity contribution >= 4 is 31.5 Å². The van der Waals surface area contributed by atoms with Crippen LogP contribution >= 0.6 is 0 Å². The van der Waals surface area contributed by atoms with Crippen LogP contribution in [0.4, 0.5) is 52.7 Å². The normalized spacial score (nSPS) is 14.6. The summed E-state index contributed by atoms with van der Waals surface area (Å²) in [5, 5.41) is 0. The van der Waals surface area contributed by atoms with Gasteiger partial charge in [0, 0.05) is 11.1 Å². The second kappa shape index (κ2) is 11.4. The van der Waals surface area contributed by atoms with E-state index in [4.69, 9.17) is 9.47 Å². The standard InChI is InChI=1S/C19H10F12N2O6S2/c20-16(21,22)14(32-40(34,35)18(26,27)28)10-1-5-12(6-2-10)38-9-39-13-7-3-11(4-8-13)15(17(23,24)25)33-41(36,37)19(29,30)31/h1-8H,9H2. The molecule has 0 atom stereocenters. The monoisotopic (exact) mass is 654 g/mol. The molecule has 0 N–H and O–H groups in total. The number of sulfonamides is 2. The Balaban J connectivity index is 2.18. The van der Waals surface area contributed by atoms with E-state index in [1.54, 1.807) is 0 Å². The van der Waals surface area contributed by atoms with Crippen LogP contribution in [0.25, 0.3) is 0 Å². The van der Waals surface area contributed by atoms with Crippen LogP contribution in [0, 0.1) is 0 Å². The molecule has 0 aliphatic carbocycles. The van der Waals surface area contributed by atoms with Gasteiger partial charge in [0.1, 0.15) is 11.5 Å². The van der Waals surface area contributed by atoms with Crippen LogP contribution in [0.5, 0.6) is 11.5 Å². The van der Waals surface area contributed by atoms with Gasteiger partial charge in [-0.1, -0.05) is 0 Å². The van der Waals surface area contributed by atoms with Crippen molar-refractivity contribution in [3.05, 3.63) is 59.7 Å². The Kier molecular flexibility index (Phi) is 9.33. The van der Waals surface area contributed by atoms with Crippen LogP contribution < -0.4 is 9.47 Å². The van der Waals surface area contributed by atoms with Crippen molar-refractivity contribution in [2.24, 2.45) is 8.80 Å². The topological polar surface area (TPSA) is 111 Å². The van der Waals surface area contributed by atoms with Crippen molar-refractivity contribution < 1.29 is 79.0 Å². The van der Waals surface area contributed by atoms with Gasteiger partial charge in [0.05, 0.1) is 0 Å². The SMILES string of the molecule is O=S(=O)(N=C(c1ccc(OCOc2ccc(C(=NS(=O)(=O)C(F)(F)F)C(F)(F)F)cc2)cc1)C(F)(F)F)C(F)(F)F. The maximum absolute atomic E-state index is 13.1. The van der Waals surface area contributed by atoms with E-state index in [-0.39, 0.29) is 11.5 Å². The quantitative estimate of drug-likeness (QED) is 0.211. The van der Waals surface area contributed by atoms with Gasteiger partial charge in [0.25, 0.3) is 0 Å². The molecule has 0 aliphatic rings. The van der Waals surface area contributed by atoms with Gasteiger partial charge >= 0.3 is 43.4 Å². The molecule has 0 aliphatic heterocycles. The predicted octanol–water partition coefficient (Wildman–Crippen LogP) is 5.50. The van der Waals surface area contributed by atoms with Gasteiger partial charge in [-0.25, -0.2) is 0 Å². The molecule has 8 nitrogen and oxygen atoms in total. The highest BCUT2D eigenvalue weighted by Gasteiger charge is 2.50. The van der Waals surface area contributed by atoms with Crippen molar-refractivity contribution in [1.29, 1.82) is 0 Å². The molecular formula is C19H10F12N2O6S2. The number of rotatable bonds is 8. The van der Waals surface area contributed by atoms with Gasteiger partial charge in [-0.05, 0) is 48.5 Å². The molecule has 0 amide bonds. The smallest absolute Gasteiger partial charge is 0.458 e. The Bertz CT molecular complexity index is 1390. The van der Waals surface area contributed by atoms with Gasteiger partial charge < -0.3 is 9.47 Å². The van der Waals surface area contributed by atoms with E-state index in [2.05, 4.69) is 0 Å². The van der Waals surface area contributed by atoms with E-state index in [0.717, 1.165) is 24.3 Å². The molecule has 41 heavy (non-hydrogen) atoms. The molecule has 228 valence electrons. The highest BCUT2D eigenvalue weighted by Crippen LogP contribution is 2.32. The third-order valence-electron chi connectivity index (χ3n) is 4.25. The Morgan fingerprint density at radius 2 is 0.805 bits per heavy atom. The van der Waals surface area contributed by atoms with E-state index < -0.39 is 72.8 Å². The second-order valence-corrected chi connectivity index (χ2v) is 10.4. The van der Waals surface area contributed by atoms with Gasteiger partial charge in [0.2, 0.25) is 6.79 Å². The molecule has 2 aromatic carbocycles. The third kappa shape index (κ3) is 8.71. The average molecular weight is 654 g/mol. The molecule has 0 bridgehead atoms. The first kappa shape index (κ1) is 33.6. The van der Waals surface area contributed by atoms with E-state index in [9.17, 15) is 69.5 Å². The molecule has 0 aromatic heterocycles. The van der Waals surface area contributed by atoms with Crippen LogP contribution in [-0.4, -0.2) is 58.4 Å². The minimum Gasteiger partial charge on any atom is -0.458 e. The fraction of sp³-hybridized carbons (Fsp3) is 0.263. The Morgan fingerprint density at radius 3 is 1.02 bits per heavy atom. The zero-order valence-electron chi connectivity index (χ0n) is 19.0. The van der Waals surface area contributed by atoms with Crippen LogP contribution in [0.2, 0.25) is 0 Å². The van der Waals surface area contributed by atoms with Crippen molar-refractivity contribution in [3.8, 4) is 11.5 Å². The summed E-state index contributed by atoms with van der Waals surface area (Å²) in [6, 6.07) is 5.02. The van der Waals surface area contributed by atoms with Crippen molar-refractivity contribution in [1.82, 2.24) is 0 Å². The molecule has 0 unspecified atom stereocenters. The number of hydrogen-bond donors (Lipinski definition) is 0. The number of alkyl halides is 12. The molecule has 0 radical (unpaired) electrons. The summed E-state index contributed by atoms with van der Waals surface area (Å²) in [7, 11) is -13.1. The summed E-state index contributed by atoms with van der Waals surface area (Å²) in [5.41, 5.74) is -19.2. The fourth-order valence-corrected chi connectivity index (χ4v) is 3.57. The second-order valence-electron chi connectivity index (χ2n) is 7.17. The zero-order chi connectivity index (χ0) is 31.7. The Labute approximate surface area is 221 Å². The number of benzene rings is 2. The lowest BCUT2D eigenvalue weighted by atomic mass is 10.1. The minimum atomic E-state index is -6.55. The van der Waals surface area contributed by atoms with Crippen molar-refractivity contribution in [3.63, 3.8) is 0 Å². The summed E-state index contributed by atoms with van der Waals surface area (Å²) in [6.45, 7) is -0.802. The van der Waals surface area contributed by atoms with E-state index in [1.807, 2.05) is 8.80 Å². The largest absolute Gasteiger partial charge is 0.518 e. The highest BCUT2D eigenvalue weighted by atomic mass is 32.2. The third-order valence-corrected chi connectivity index (χ3v) is 6.27. The van der Waals surface area contributed by atoms with Crippen LogP contribution in [0.3, 0.4) is 0 Å². The number of ether oxygens (including phenoxy) is 2. The number of hydrogen-bond acceptors (Lipinski definition) is 6. The van der Waals surface area contributed by atoms with Crippen LogP contribution in [0.1, 0.15) is 11.1 Å². The summed E-state index contributed by atoms with van der Waals surface area (Å²) >= 11 is 0. The first-order valence-corrected chi connectivity index (χ1v) is 12.7. The first-order chi connectivity index (χ1) is 18.4. The van der Waals surface area contributed by atoms with Crippen LogP contribution in [0.15, 0.2) is 57.3 Å². The molecule has 0 spiro atoms. The van der Waals surface area contributed by atoms with Gasteiger partial charge in [0.15, 0.2) is 11.4 Å². The zero-order valence-corrected chi connectivity index (χ0v) is 20.7. The summed E-state index contributed by atoms with van der Waals surface area (Å²) in [6.07, 6.45) is -11.2. The van der Waals surface area contributed by atoms with E-state index >= 15 is 0 Å². The highest BCUT2D eigenvalue weighted by molar-refractivity contribution is 7.91. The molecular weight excluding hydrogens is 644 g/mol. The lowest BCUT2D eigenvalue weighted by Crippen LogP contribution is -2.29. The van der Waals surface area contributed by atoms with Crippen LogP contribution in [-0.2, 0) is 20.0 Å². The number of nitrogens with zero attached hydrogens (tertiary/aromatic N) is 2. The van der Waals surface area contributed by atoms with Gasteiger partial charge in [-0.3, -0.25) is 0 Å². The molecule has 2 rings (SSSR count). The van der Waals surface area contributed by atoms with E-state index in [0.29, 0.717) is 24.3 Å². The lowest BCUT2D eigenvalue weighted by Gasteiger charge is -2.14. The molecule has 0 heterocycles. The lowest BCUT2D eigenvalue weighted by molar-refractivity contribution is -0.0594. The maximum atomic E-state index is 13.1. The molecule has 22 heteroatoms. The predicted molar refractivity (Wildman–Crippen MR) is 114 cm³/mol. The minimum absolute atomic E-state index is 0.297. The molecule has 2 aromatic rings. The summed E-state index contributed by atoms with van der Waals surface area (Å²) in [5.74, 6) is -0.594. The number of halogens is 12. The molecule has 0 saturated heterocycles. The fourth-order valence-electron chi connectivity index (χ4n) is 2.46. The summed E-state index contributed by atoms with van der Waals surface area (Å²) in [4.78, 5) is 0. The first-order valence-electron chi connectivity index (χ1n) is 9.78. The summed E-state index contributed by atoms with van der Waals surface area (Å²) < 4.78 is 211. The Morgan fingerprint density at radius 1 is 0.537 bits per heavy atom. The average Bonchev–Trinajstić information content (AvgIpc) is 2.79. The maximum Gasteiger partial charge on any atom is 0.518 e. The van der Waals surface area contributed by atoms with E-state index in [1.165, 1.54) is 0 Å². The molecule has 0 fully saturated rings. The van der Waals surface area contributed by atoms with Gasteiger partial charge in [-0.2, -0.15) is 78.3 Å². The van der Waals surface area contributed by atoms with Crippen molar-refractivity contribution in [2.75, 3.05) is 6.79 Å². The van der Waals surface area contributed by atoms with Gasteiger partial charge in [-0.15, -0.1) is 0 Å².